The van der Waals surface area contributed by atoms with E-state index in [1.165, 1.54) is 28.0 Å². The molecule has 19 heavy (non-hydrogen) atoms. The maximum absolute atomic E-state index is 12.3. The normalized spacial score (nSPS) is 11.7. The molecule has 1 N–H and O–H groups in total. The fraction of sp³-hybridized carbons (Fsp3) is 0.273. The molecular formula is C11H14N4O2S2. The van der Waals surface area contributed by atoms with Crippen LogP contribution in [0.4, 0.5) is 5.95 Å². The number of sulfonamides is 1. The number of aromatic nitrogens is 2. The highest BCUT2D eigenvalue weighted by atomic mass is 32.2. The molecule has 8 heteroatoms. The summed E-state index contributed by atoms with van der Waals surface area (Å²) in [5.41, 5.74) is 0.962. The van der Waals surface area contributed by atoms with E-state index in [4.69, 9.17) is 0 Å². The Kier molecular flexibility index (Phi) is 4.13. The van der Waals surface area contributed by atoms with Crippen molar-refractivity contribution in [3.8, 4) is 0 Å². The second-order valence-electron chi connectivity index (χ2n) is 3.89. The largest absolute Gasteiger partial charge is 0.357 e. The van der Waals surface area contributed by atoms with Crippen molar-refractivity contribution in [1.29, 1.82) is 0 Å². The van der Waals surface area contributed by atoms with E-state index < -0.39 is 10.0 Å². The first-order valence-corrected chi connectivity index (χ1v) is 7.89. The third-order valence-electron chi connectivity index (χ3n) is 2.55. The van der Waals surface area contributed by atoms with Gasteiger partial charge in [-0.3, -0.25) is 0 Å². The van der Waals surface area contributed by atoms with E-state index in [2.05, 4.69) is 15.3 Å². The second kappa shape index (κ2) is 5.64. The lowest BCUT2D eigenvalue weighted by Gasteiger charge is -2.16. The van der Waals surface area contributed by atoms with E-state index in [9.17, 15) is 8.42 Å². The molecule has 2 aromatic heterocycles. The number of nitrogens with zero attached hydrogens (tertiary/aromatic N) is 3. The summed E-state index contributed by atoms with van der Waals surface area (Å²) >= 11 is 1.54. The van der Waals surface area contributed by atoms with Crippen molar-refractivity contribution in [2.24, 2.45) is 0 Å². The van der Waals surface area contributed by atoms with Gasteiger partial charge in [-0.2, -0.15) is 15.6 Å². The summed E-state index contributed by atoms with van der Waals surface area (Å²) in [5.74, 6) is 0.388. The van der Waals surface area contributed by atoms with Gasteiger partial charge < -0.3 is 5.32 Å². The molecule has 2 aromatic rings. The van der Waals surface area contributed by atoms with Gasteiger partial charge >= 0.3 is 0 Å². The zero-order valence-corrected chi connectivity index (χ0v) is 12.2. The van der Waals surface area contributed by atoms with Crippen molar-refractivity contribution in [1.82, 2.24) is 14.3 Å². The van der Waals surface area contributed by atoms with Crippen LogP contribution in [0, 0.1) is 0 Å². The highest BCUT2D eigenvalue weighted by molar-refractivity contribution is 7.89. The minimum absolute atomic E-state index is 0.0872. The van der Waals surface area contributed by atoms with Crippen molar-refractivity contribution in [2.45, 2.75) is 11.4 Å². The molecule has 0 unspecified atom stereocenters. The van der Waals surface area contributed by atoms with Gasteiger partial charge in [-0.1, -0.05) is 0 Å². The van der Waals surface area contributed by atoms with Gasteiger partial charge in [-0.05, 0) is 22.4 Å². The summed E-state index contributed by atoms with van der Waals surface area (Å²) in [5, 5.41) is 6.58. The lowest BCUT2D eigenvalue weighted by Crippen LogP contribution is -2.26. The molecule has 0 aliphatic carbocycles. The van der Waals surface area contributed by atoms with Crippen LogP contribution in [0.5, 0.6) is 0 Å². The number of thiophene rings is 1. The summed E-state index contributed by atoms with van der Waals surface area (Å²) in [6, 6.07) is 1.90. The Morgan fingerprint density at radius 1 is 1.37 bits per heavy atom. The predicted molar refractivity (Wildman–Crippen MR) is 74.6 cm³/mol. The minimum Gasteiger partial charge on any atom is -0.357 e. The first kappa shape index (κ1) is 13.9. The number of nitrogens with one attached hydrogen (secondary N) is 1. The quantitative estimate of drug-likeness (QED) is 0.903. The molecule has 0 saturated carbocycles. The molecule has 2 rings (SSSR count). The first-order chi connectivity index (χ1) is 9.04. The highest BCUT2D eigenvalue weighted by Gasteiger charge is 2.21. The van der Waals surface area contributed by atoms with Gasteiger partial charge in [0.2, 0.25) is 16.0 Å². The van der Waals surface area contributed by atoms with E-state index in [-0.39, 0.29) is 4.90 Å². The molecule has 0 amide bonds. The maximum atomic E-state index is 12.3. The molecule has 6 nitrogen and oxygen atoms in total. The molecule has 0 aromatic carbocycles. The van der Waals surface area contributed by atoms with Crippen LogP contribution >= 0.6 is 11.3 Å². The van der Waals surface area contributed by atoms with Crippen molar-refractivity contribution in [2.75, 3.05) is 19.4 Å². The lowest BCUT2D eigenvalue weighted by molar-refractivity contribution is 0.466. The minimum atomic E-state index is -3.55. The zero-order chi connectivity index (χ0) is 13.9. The average molecular weight is 298 g/mol. The molecule has 0 atom stereocenters. The molecule has 0 saturated heterocycles. The van der Waals surface area contributed by atoms with Gasteiger partial charge in [0.15, 0.2) is 0 Å². The van der Waals surface area contributed by atoms with Crippen molar-refractivity contribution < 1.29 is 8.42 Å². The van der Waals surface area contributed by atoms with Gasteiger partial charge in [0.05, 0.1) is 12.4 Å². The SMILES string of the molecule is CNc1ncc(S(=O)(=O)N(C)Cc2ccsc2)cn1. The van der Waals surface area contributed by atoms with Crippen LogP contribution in [0.1, 0.15) is 5.56 Å². The Labute approximate surface area is 116 Å². The van der Waals surface area contributed by atoms with Crippen molar-refractivity contribution in [3.05, 3.63) is 34.8 Å². The van der Waals surface area contributed by atoms with Gasteiger partial charge in [0.1, 0.15) is 4.90 Å². The van der Waals surface area contributed by atoms with Crippen LogP contribution in [-0.4, -0.2) is 36.8 Å². The number of hydrogen-bond donors (Lipinski definition) is 1. The summed E-state index contributed by atoms with van der Waals surface area (Å²) in [4.78, 5) is 7.92. The van der Waals surface area contributed by atoms with E-state index in [0.29, 0.717) is 12.5 Å². The standard InChI is InChI=1S/C11H14N4O2S2/c1-12-11-13-5-10(6-14-11)19(16,17)15(2)7-9-3-4-18-8-9/h3-6,8H,7H2,1-2H3,(H,12,13,14). The fourth-order valence-electron chi connectivity index (χ4n) is 1.48. The van der Waals surface area contributed by atoms with Gasteiger partial charge in [-0.25, -0.2) is 18.4 Å². The Morgan fingerprint density at radius 2 is 2.05 bits per heavy atom. The first-order valence-electron chi connectivity index (χ1n) is 5.51. The lowest BCUT2D eigenvalue weighted by atomic mass is 10.3. The average Bonchev–Trinajstić information content (AvgIpc) is 2.91. The molecule has 2 heterocycles. The summed E-state index contributed by atoms with van der Waals surface area (Å²) < 4.78 is 25.9. The van der Waals surface area contributed by atoms with E-state index in [1.807, 2.05) is 16.8 Å². The monoisotopic (exact) mass is 298 g/mol. The van der Waals surface area contributed by atoms with Crippen LogP contribution in [0.2, 0.25) is 0 Å². The Balaban J connectivity index is 2.20. The topological polar surface area (TPSA) is 75.2 Å². The number of rotatable bonds is 5. The molecule has 0 spiro atoms. The smallest absolute Gasteiger partial charge is 0.246 e. The van der Waals surface area contributed by atoms with Crippen LogP contribution in [0.25, 0.3) is 0 Å². The van der Waals surface area contributed by atoms with Crippen molar-refractivity contribution >= 4 is 27.3 Å². The van der Waals surface area contributed by atoms with Gasteiger partial charge in [0, 0.05) is 20.6 Å². The molecule has 102 valence electrons. The van der Waals surface area contributed by atoms with Crippen molar-refractivity contribution in [3.63, 3.8) is 0 Å². The second-order valence-corrected chi connectivity index (χ2v) is 6.71. The van der Waals surface area contributed by atoms with E-state index >= 15 is 0 Å². The molecule has 0 aliphatic heterocycles. The molecular weight excluding hydrogens is 284 g/mol. The molecule has 0 bridgehead atoms. The predicted octanol–water partition coefficient (Wildman–Crippen LogP) is 1.40. The zero-order valence-electron chi connectivity index (χ0n) is 10.6. The maximum Gasteiger partial charge on any atom is 0.246 e. The van der Waals surface area contributed by atoms with E-state index in [1.54, 1.807) is 14.1 Å². The summed E-state index contributed by atoms with van der Waals surface area (Å²) in [6.07, 6.45) is 2.61. The Bertz CT molecular complexity index is 623. The van der Waals surface area contributed by atoms with E-state index in [0.717, 1.165) is 5.56 Å². The van der Waals surface area contributed by atoms with Gasteiger partial charge in [-0.15, -0.1) is 0 Å². The molecule has 0 fully saturated rings. The van der Waals surface area contributed by atoms with Crippen LogP contribution < -0.4 is 5.32 Å². The third kappa shape index (κ3) is 3.09. The Hall–Kier alpha value is -1.51. The molecule has 0 radical (unpaired) electrons. The Morgan fingerprint density at radius 3 is 2.58 bits per heavy atom. The number of hydrogen-bond acceptors (Lipinski definition) is 6. The summed E-state index contributed by atoms with van der Waals surface area (Å²) in [6.45, 7) is 0.333. The van der Waals surface area contributed by atoms with Gasteiger partial charge in [0.25, 0.3) is 0 Å². The number of anilines is 1. The highest BCUT2D eigenvalue weighted by Crippen LogP contribution is 2.17. The van der Waals surface area contributed by atoms with Crippen LogP contribution in [-0.2, 0) is 16.6 Å². The third-order valence-corrected chi connectivity index (χ3v) is 5.03. The molecule has 0 aliphatic rings. The van der Waals surface area contributed by atoms with Crippen LogP contribution in [0.15, 0.2) is 34.1 Å². The van der Waals surface area contributed by atoms with Crippen LogP contribution in [0.3, 0.4) is 0 Å². The fourth-order valence-corrected chi connectivity index (χ4v) is 3.19. The summed E-state index contributed by atoms with van der Waals surface area (Å²) in [7, 11) is -0.341.